The number of aromatic amines is 1. The van der Waals surface area contributed by atoms with E-state index in [0.29, 0.717) is 4.57 Å². The van der Waals surface area contributed by atoms with Crippen molar-refractivity contribution < 1.29 is 61.4 Å². The number of hydrogen-bond acceptors (Lipinski definition) is 11. The van der Waals surface area contributed by atoms with Crippen molar-refractivity contribution in [3.8, 4) is 0 Å². The first-order valence-corrected chi connectivity index (χ1v) is 11.7. The molecule has 0 bridgehead atoms. The van der Waals surface area contributed by atoms with Crippen LogP contribution in [0.3, 0.4) is 0 Å². The maximum atomic E-state index is 11.7. The molecule has 2 unspecified atom stereocenters. The monoisotopic (exact) mass is 553 g/mol. The van der Waals surface area contributed by atoms with Gasteiger partial charge in [0.2, 0.25) is 0 Å². The van der Waals surface area contributed by atoms with Crippen molar-refractivity contribution in [2.75, 3.05) is 6.61 Å². The van der Waals surface area contributed by atoms with Gasteiger partial charge < -0.3 is 34.5 Å². The molecule has 2 heterocycles. The zero-order chi connectivity index (χ0) is 22.2. The average Bonchev–Trinajstić information content (AvgIpc) is 2.78. The largest absolute Gasteiger partial charge is 0.490 e. The molecule has 1 aromatic rings. The molecule has 169 valence electrons. The molecule has 2 rings (SSSR count). The van der Waals surface area contributed by atoms with Gasteiger partial charge in [-0.2, -0.15) is 8.62 Å². The summed E-state index contributed by atoms with van der Waals surface area (Å²) >= 11 is 0. The molecule has 1 aliphatic heterocycles. The summed E-state index contributed by atoms with van der Waals surface area (Å²) in [5.41, 5.74) is -1.74. The summed E-state index contributed by atoms with van der Waals surface area (Å²) in [4.78, 5) is 59.9. The smallest absolute Gasteiger partial charge is 0.387 e. The number of nitrogens with zero attached hydrogens (tertiary/aromatic N) is 1. The first-order chi connectivity index (χ1) is 13.1. The molecule has 3 radical (unpaired) electrons. The normalized spacial score (nSPS) is 26.6. The van der Waals surface area contributed by atoms with E-state index >= 15 is 0 Å². The summed E-state index contributed by atoms with van der Waals surface area (Å²) < 4.78 is 50.6. The van der Waals surface area contributed by atoms with Crippen LogP contribution in [0.25, 0.3) is 0 Å². The zero-order valence-electron chi connectivity index (χ0n) is 16.8. The third-order valence-corrected chi connectivity index (χ3v) is 7.08. The SMILES string of the molecule is O=c1ccn([C@@H]2O[C@H](COP(=O)(O)OP(=O)(O)OP(=O)(O)O)[C@@H](O)[C@@H]2O)c(=O)[nH]1.[Na].[Na].[Na]. The van der Waals surface area contributed by atoms with Gasteiger partial charge in [-0.15, -0.1) is 0 Å². The van der Waals surface area contributed by atoms with E-state index in [2.05, 4.69) is 13.1 Å². The Hall–Kier alpha value is 1.97. The van der Waals surface area contributed by atoms with Crippen molar-refractivity contribution >= 4 is 112 Å². The van der Waals surface area contributed by atoms with Crippen LogP contribution in [0.4, 0.5) is 0 Å². The van der Waals surface area contributed by atoms with E-state index in [9.17, 15) is 38.4 Å². The number of ether oxygens (including phenoxy) is 1. The number of H-pyrrole nitrogens is 1. The molecule has 0 aromatic carbocycles. The van der Waals surface area contributed by atoms with Gasteiger partial charge in [-0.25, -0.2) is 18.5 Å². The first-order valence-electron chi connectivity index (χ1n) is 7.22. The van der Waals surface area contributed by atoms with E-state index in [4.69, 9.17) is 19.4 Å². The second-order valence-electron chi connectivity index (χ2n) is 5.45. The molecule has 1 saturated heterocycles. The fourth-order valence-corrected chi connectivity index (χ4v) is 5.23. The standard InChI is InChI=1S/C9H15N2O15P3.3Na/c12-5-1-2-11(9(15)10-5)8-7(14)6(13)4(24-8)3-23-28(19,20)26-29(21,22)25-27(16,17)18;;;/h1-2,4,6-8,13-14H,3H2,(H,19,20)(H,21,22)(H,10,12,15)(H2,16,17,18);;;/t4-,6-,7+,8-;;;/m1.../s1. The second-order valence-corrected chi connectivity index (χ2v) is 9.87. The Kier molecular flexibility index (Phi) is 15.9. The first kappa shape index (κ1) is 36.1. The second kappa shape index (κ2) is 14.1. The molecule has 1 aromatic heterocycles. The van der Waals surface area contributed by atoms with Gasteiger partial charge >= 0.3 is 29.2 Å². The summed E-state index contributed by atoms with van der Waals surface area (Å²) in [5, 5.41) is 19.9. The Balaban J connectivity index is 0. The van der Waals surface area contributed by atoms with Crippen LogP contribution in [0.1, 0.15) is 6.23 Å². The Bertz CT molecular complexity index is 1010. The molecular weight excluding hydrogens is 538 g/mol. The Morgan fingerprint density at radius 3 is 2.03 bits per heavy atom. The van der Waals surface area contributed by atoms with E-state index < -0.39 is 65.9 Å². The minimum absolute atomic E-state index is 0. The third kappa shape index (κ3) is 10.9. The summed E-state index contributed by atoms with van der Waals surface area (Å²) in [6.07, 6.45) is -5.70. The van der Waals surface area contributed by atoms with Crippen LogP contribution >= 0.6 is 23.5 Å². The Morgan fingerprint density at radius 2 is 1.53 bits per heavy atom. The van der Waals surface area contributed by atoms with Crippen LogP contribution in [0.5, 0.6) is 0 Å². The molecule has 0 spiro atoms. The minimum atomic E-state index is -5.73. The van der Waals surface area contributed by atoms with E-state index in [0.717, 1.165) is 12.3 Å². The number of hydrogen-bond donors (Lipinski definition) is 7. The van der Waals surface area contributed by atoms with Crippen LogP contribution in [-0.2, 0) is 31.6 Å². The van der Waals surface area contributed by atoms with Gasteiger partial charge in [0.1, 0.15) is 18.3 Å². The van der Waals surface area contributed by atoms with Crippen LogP contribution in [0.2, 0.25) is 0 Å². The van der Waals surface area contributed by atoms with Gasteiger partial charge in [-0.1, -0.05) is 0 Å². The number of rotatable bonds is 8. The molecule has 32 heavy (non-hydrogen) atoms. The van der Waals surface area contributed by atoms with Gasteiger partial charge in [0.15, 0.2) is 6.23 Å². The summed E-state index contributed by atoms with van der Waals surface area (Å²) in [6, 6.07) is 0.920. The van der Waals surface area contributed by atoms with Crippen molar-refractivity contribution in [1.29, 1.82) is 0 Å². The quantitative estimate of drug-likeness (QED) is 0.121. The molecule has 6 atom stereocenters. The summed E-state index contributed by atoms with van der Waals surface area (Å²) in [7, 11) is -16.8. The Morgan fingerprint density at radius 1 is 0.969 bits per heavy atom. The molecule has 1 fully saturated rings. The number of aromatic nitrogens is 2. The molecule has 17 nitrogen and oxygen atoms in total. The topological polar surface area (TPSA) is 264 Å². The van der Waals surface area contributed by atoms with Crippen molar-refractivity contribution in [1.82, 2.24) is 9.55 Å². The van der Waals surface area contributed by atoms with Crippen LogP contribution in [-0.4, -0.2) is 153 Å². The van der Waals surface area contributed by atoms with E-state index in [1.165, 1.54) is 0 Å². The maximum absolute atomic E-state index is 11.7. The number of aliphatic hydroxyl groups is 2. The van der Waals surface area contributed by atoms with Gasteiger partial charge in [-0.05, 0) is 0 Å². The maximum Gasteiger partial charge on any atom is 0.490 e. The molecule has 1 aliphatic rings. The van der Waals surface area contributed by atoms with E-state index in [-0.39, 0.29) is 88.7 Å². The summed E-state index contributed by atoms with van der Waals surface area (Å²) in [5.74, 6) is 0. The van der Waals surface area contributed by atoms with Crippen molar-refractivity contribution in [2.45, 2.75) is 24.5 Å². The van der Waals surface area contributed by atoms with Gasteiger partial charge in [-0.3, -0.25) is 18.9 Å². The number of aliphatic hydroxyl groups excluding tert-OH is 2. The fourth-order valence-electron chi connectivity index (χ4n) is 2.20. The molecule has 7 N–H and O–H groups in total. The zero-order valence-corrected chi connectivity index (χ0v) is 25.5. The van der Waals surface area contributed by atoms with E-state index in [1.807, 2.05) is 4.98 Å². The van der Waals surface area contributed by atoms with Crippen molar-refractivity contribution in [3.63, 3.8) is 0 Å². The van der Waals surface area contributed by atoms with Gasteiger partial charge in [0.25, 0.3) is 5.56 Å². The van der Waals surface area contributed by atoms with E-state index in [1.54, 1.807) is 0 Å². The molecule has 0 aliphatic carbocycles. The number of nitrogens with one attached hydrogen (secondary N) is 1. The third-order valence-electron chi connectivity index (χ3n) is 3.28. The average molecular weight is 553 g/mol. The fraction of sp³-hybridized carbons (Fsp3) is 0.556. The number of phosphoric ester groups is 1. The number of phosphoric acid groups is 3. The van der Waals surface area contributed by atoms with Crippen molar-refractivity contribution in [3.05, 3.63) is 33.1 Å². The van der Waals surface area contributed by atoms with Crippen molar-refractivity contribution in [2.24, 2.45) is 0 Å². The van der Waals surface area contributed by atoms with Gasteiger partial charge in [0, 0.05) is 101 Å². The predicted octanol–water partition coefficient (Wildman–Crippen LogP) is -3.64. The Labute approximate surface area is 244 Å². The molecule has 0 saturated carbocycles. The van der Waals surface area contributed by atoms with Crippen LogP contribution in [0, 0.1) is 0 Å². The summed E-state index contributed by atoms with van der Waals surface area (Å²) in [6.45, 7) is -1.05. The van der Waals surface area contributed by atoms with Crippen LogP contribution < -0.4 is 11.2 Å². The molecule has 23 heteroatoms. The molecular formula is C9H15N2Na3O15P3. The van der Waals surface area contributed by atoms with Crippen LogP contribution in [0.15, 0.2) is 21.9 Å². The van der Waals surface area contributed by atoms with Gasteiger partial charge in [0.05, 0.1) is 6.61 Å². The minimum Gasteiger partial charge on any atom is -0.387 e. The predicted molar refractivity (Wildman–Crippen MR) is 104 cm³/mol. The molecule has 0 amide bonds.